The highest BCUT2D eigenvalue weighted by Gasteiger charge is 2.41. The molecule has 0 aromatic heterocycles. The smallest absolute Gasteiger partial charge is 0.462 e. The average Bonchev–Trinajstić information content (AvgIpc) is 3.47. The normalized spacial score (nSPS) is 21.1. The molecule has 0 aliphatic heterocycles. The zero-order valence-corrected chi connectivity index (χ0v) is 36.4. The van der Waals surface area contributed by atoms with Gasteiger partial charge >= 0.3 is 19.8 Å². The molecular weight excluding hydrogens is 783 g/mol. The summed E-state index contributed by atoms with van der Waals surface area (Å²) < 4.78 is 32.5. The summed E-state index contributed by atoms with van der Waals surface area (Å²) in [5.41, 5.74) is 0. The van der Waals surface area contributed by atoms with E-state index in [9.17, 15) is 44.3 Å². The van der Waals surface area contributed by atoms with Crippen molar-refractivity contribution in [3.63, 3.8) is 0 Å². The number of rotatable bonds is 36. The van der Waals surface area contributed by atoms with Gasteiger partial charge < -0.3 is 39.9 Å². The molecule has 0 saturated heterocycles. The van der Waals surface area contributed by atoms with E-state index in [0.717, 1.165) is 51.4 Å². The number of aliphatic hydroxyl groups is 5. The summed E-state index contributed by atoms with van der Waals surface area (Å²) in [7, 11) is -4.72. The van der Waals surface area contributed by atoms with E-state index in [0.29, 0.717) is 25.7 Å². The van der Waals surface area contributed by atoms with E-state index in [1.54, 1.807) is 12.2 Å². The van der Waals surface area contributed by atoms with Gasteiger partial charge in [-0.05, 0) is 64.2 Å². The Balaban J connectivity index is 2.53. The number of aliphatic hydroxyl groups excluding tert-OH is 5. The fraction of sp³-hybridized carbons (Fsp3) is 0.750. The third kappa shape index (κ3) is 28.6. The first-order chi connectivity index (χ1) is 28.3. The lowest BCUT2D eigenvalue weighted by molar-refractivity contribution is -0.161. The zero-order chi connectivity index (χ0) is 43.7. The lowest BCUT2D eigenvalue weighted by Crippen LogP contribution is -2.29. The van der Waals surface area contributed by atoms with Crippen LogP contribution in [0.1, 0.15) is 142 Å². The summed E-state index contributed by atoms with van der Waals surface area (Å²) >= 11 is 0. The summed E-state index contributed by atoms with van der Waals surface area (Å²) in [5, 5.41) is 49.6. The van der Waals surface area contributed by atoms with Gasteiger partial charge in [0, 0.05) is 43.9 Å². The van der Waals surface area contributed by atoms with Gasteiger partial charge in [-0.2, -0.15) is 0 Å². The van der Waals surface area contributed by atoms with E-state index in [2.05, 4.69) is 54.8 Å². The molecule has 1 fully saturated rings. The summed E-state index contributed by atoms with van der Waals surface area (Å²) in [6.45, 7) is 1.75. The van der Waals surface area contributed by atoms with E-state index in [4.69, 9.17) is 19.1 Å². The Morgan fingerprint density at radius 1 is 0.729 bits per heavy atom. The highest BCUT2D eigenvalue weighted by atomic mass is 31.2. The summed E-state index contributed by atoms with van der Waals surface area (Å²) in [5.74, 6) is -2.32. The molecule has 59 heavy (non-hydrogen) atoms. The molecule has 14 nitrogen and oxygen atoms in total. The number of hydrogen-bond donors (Lipinski definition) is 6. The average molecular weight is 859 g/mol. The van der Waals surface area contributed by atoms with Crippen molar-refractivity contribution in [2.45, 2.75) is 173 Å². The summed E-state index contributed by atoms with van der Waals surface area (Å²) in [6, 6.07) is 0. The molecule has 0 aromatic rings. The Morgan fingerprint density at radius 2 is 1.31 bits per heavy atom. The van der Waals surface area contributed by atoms with Crippen LogP contribution in [0.25, 0.3) is 0 Å². The second-order valence-electron chi connectivity index (χ2n) is 15.3. The van der Waals surface area contributed by atoms with Crippen molar-refractivity contribution >= 4 is 25.5 Å². The third-order valence-electron chi connectivity index (χ3n) is 9.94. The van der Waals surface area contributed by atoms with Gasteiger partial charge in [0.1, 0.15) is 18.5 Å². The number of phosphoric ester groups is 1. The van der Waals surface area contributed by atoms with Gasteiger partial charge in [0.25, 0.3) is 0 Å². The van der Waals surface area contributed by atoms with Crippen LogP contribution in [0, 0.1) is 11.8 Å². The molecule has 1 saturated carbocycles. The van der Waals surface area contributed by atoms with Crippen LogP contribution in [0.4, 0.5) is 0 Å². The highest BCUT2D eigenvalue weighted by molar-refractivity contribution is 7.47. The molecule has 0 spiro atoms. The van der Waals surface area contributed by atoms with Gasteiger partial charge in [-0.25, -0.2) is 4.57 Å². The van der Waals surface area contributed by atoms with Crippen molar-refractivity contribution in [2.75, 3.05) is 26.4 Å². The molecular formula is C44H75O14P. The van der Waals surface area contributed by atoms with Crippen LogP contribution in [0.3, 0.4) is 0 Å². The molecule has 0 amide bonds. The van der Waals surface area contributed by atoms with Crippen LogP contribution in [-0.2, 0) is 37.5 Å². The monoisotopic (exact) mass is 858 g/mol. The number of hydrogen-bond acceptors (Lipinski definition) is 13. The number of unbranched alkanes of at least 4 members (excludes halogenated alkanes) is 8. The number of carbonyl (C=O) groups excluding carboxylic acids is 3. The number of ketones is 1. The Bertz CT molecular complexity index is 1300. The first-order valence-corrected chi connectivity index (χ1v) is 23.3. The van der Waals surface area contributed by atoms with Crippen molar-refractivity contribution in [3.8, 4) is 0 Å². The maximum absolute atomic E-state index is 12.8. The van der Waals surface area contributed by atoms with Gasteiger partial charge in [-0.15, -0.1) is 0 Å². The molecule has 340 valence electrons. The minimum Gasteiger partial charge on any atom is -0.462 e. The predicted octanol–water partition coefficient (Wildman–Crippen LogP) is 6.89. The van der Waals surface area contributed by atoms with Crippen LogP contribution in [0.2, 0.25) is 0 Å². The second-order valence-corrected chi connectivity index (χ2v) is 16.8. The maximum Gasteiger partial charge on any atom is 0.472 e. The first kappa shape index (κ1) is 54.5. The molecule has 8 atom stereocenters. The van der Waals surface area contributed by atoms with Crippen LogP contribution in [0.15, 0.2) is 48.6 Å². The maximum atomic E-state index is 12.8. The first-order valence-electron chi connectivity index (χ1n) is 21.8. The van der Waals surface area contributed by atoms with Crippen LogP contribution in [0.5, 0.6) is 0 Å². The quantitative estimate of drug-likeness (QED) is 0.0163. The number of esters is 2. The SMILES string of the molecule is CCCCC/C=C\C/C=C\C/C=C\CCCCC(=O)O[C@H](COC(=O)CCCCC(=O)C[C@@H]1[C@@H](/C=C/[C@@H](O)CCCCC)[C@H](O)C[C@@H]1O)COP(=O)(O)OC[C@@H](O)CO. The van der Waals surface area contributed by atoms with Gasteiger partial charge in [0.05, 0.1) is 38.1 Å². The van der Waals surface area contributed by atoms with Crippen molar-refractivity contribution < 1.29 is 67.9 Å². The Morgan fingerprint density at radius 3 is 1.97 bits per heavy atom. The van der Waals surface area contributed by atoms with E-state index < -0.39 is 88.5 Å². The van der Waals surface area contributed by atoms with Gasteiger partial charge in [0.2, 0.25) is 0 Å². The lowest BCUT2D eigenvalue weighted by atomic mass is 9.87. The topological polar surface area (TPSA) is 227 Å². The zero-order valence-electron chi connectivity index (χ0n) is 35.5. The minimum absolute atomic E-state index is 0.0546. The number of allylic oxidation sites excluding steroid dienone is 6. The highest BCUT2D eigenvalue weighted by Crippen LogP contribution is 2.43. The van der Waals surface area contributed by atoms with E-state index in [1.807, 2.05) is 0 Å². The van der Waals surface area contributed by atoms with Crippen molar-refractivity contribution in [1.29, 1.82) is 0 Å². The van der Waals surface area contributed by atoms with Crippen molar-refractivity contribution in [3.05, 3.63) is 48.6 Å². The minimum atomic E-state index is -4.72. The van der Waals surface area contributed by atoms with E-state index in [1.165, 1.54) is 19.3 Å². The molecule has 0 bridgehead atoms. The summed E-state index contributed by atoms with van der Waals surface area (Å²) in [4.78, 5) is 48.0. The number of ether oxygens (including phenoxy) is 2. The number of phosphoric acid groups is 1. The molecule has 0 radical (unpaired) electrons. The molecule has 0 aromatic carbocycles. The van der Waals surface area contributed by atoms with E-state index in [-0.39, 0.29) is 37.9 Å². The van der Waals surface area contributed by atoms with Gasteiger partial charge in [-0.1, -0.05) is 94.6 Å². The van der Waals surface area contributed by atoms with Crippen LogP contribution < -0.4 is 0 Å². The summed E-state index contributed by atoms with van der Waals surface area (Å²) in [6.07, 6.45) is 24.3. The van der Waals surface area contributed by atoms with Crippen LogP contribution >= 0.6 is 7.82 Å². The molecule has 1 unspecified atom stereocenters. The number of Topliss-reactive ketones (excluding diaryl/α,β-unsaturated/α-hetero) is 1. The third-order valence-corrected chi connectivity index (χ3v) is 10.9. The standard InChI is InChI=1S/C44H75O14P/c1-3-5-7-8-9-10-11-12-13-14-15-16-17-18-20-26-44(52)58-38(34-57-59(53,54)56-32-37(48)31-45)33-55-43(51)25-22-21-24-36(47)29-40-39(41(49)30-42(40)50)28-27-35(46)23-19-6-4-2/h9-10,12-13,15-16,27-28,35,37-42,45-46,48-50H,3-8,11,14,17-26,29-34H2,1-2H3,(H,53,54)/b10-9-,13-12-,16-15-,28-27+/t35-,37-,38+,39+,40+,41+,42-/m0/s1. The largest absolute Gasteiger partial charge is 0.472 e. The van der Waals surface area contributed by atoms with Crippen LogP contribution in [-0.4, -0.2) is 105 Å². The van der Waals surface area contributed by atoms with Crippen molar-refractivity contribution in [2.24, 2.45) is 11.8 Å². The molecule has 1 aliphatic rings. The van der Waals surface area contributed by atoms with E-state index >= 15 is 0 Å². The van der Waals surface area contributed by atoms with Gasteiger partial charge in [-0.3, -0.25) is 23.4 Å². The fourth-order valence-electron chi connectivity index (χ4n) is 6.47. The predicted molar refractivity (Wildman–Crippen MR) is 226 cm³/mol. The Hall–Kier alpha value is -2.52. The number of carbonyl (C=O) groups is 3. The molecule has 6 N–H and O–H groups in total. The van der Waals surface area contributed by atoms with Crippen molar-refractivity contribution in [1.82, 2.24) is 0 Å². The molecule has 1 rings (SSSR count). The van der Waals surface area contributed by atoms with Gasteiger partial charge in [0.15, 0.2) is 6.10 Å². The molecule has 1 aliphatic carbocycles. The Kier molecular flexibility index (Phi) is 31.5. The molecule has 0 heterocycles. The Labute approximate surface area is 352 Å². The molecule has 15 heteroatoms. The second kappa shape index (κ2) is 34.1. The lowest BCUT2D eigenvalue weighted by Gasteiger charge is -2.20. The fourth-order valence-corrected chi connectivity index (χ4v) is 7.25.